The third-order valence-electron chi connectivity index (χ3n) is 5.61. The Bertz CT molecular complexity index is 894. The van der Waals surface area contributed by atoms with Crippen molar-refractivity contribution in [2.45, 2.75) is 38.9 Å². The molecule has 0 saturated carbocycles. The van der Waals surface area contributed by atoms with Gasteiger partial charge in [-0.15, -0.1) is 10.2 Å². The van der Waals surface area contributed by atoms with Gasteiger partial charge in [0.25, 0.3) is 0 Å². The summed E-state index contributed by atoms with van der Waals surface area (Å²) >= 11 is 0. The number of hydrogen-bond donors (Lipinski definition) is 1. The molecular formula is C20H26N6O3. The molecule has 2 aliphatic rings. The molecule has 9 nitrogen and oxygen atoms in total. The molecule has 29 heavy (non-hydrogen) atoms. The number of rotatable bonds is 5. The lowest BCUT2D eigenvalue weighted by molar-refractivity contribution is -0.130. The third-order valence-corrected chi connectivity index (χ3v) is 5.61. The minimum absolute atomic E-state index is 0.0526. The molecule has 154 valence electrons. The standard InChI is InChI=1S/C20H26N6O3/c1-14(27)24-10-11-26-18(12-24)22-23-20(26)17-4-3-9-25(17)13-19(28)21-15-5-7-16(29-2)8-6-15/h5-8,17H,3-4,9-13H2,1-2H3,(H,21,28)/t17-/m1/s1. The number of likely N-dealkylation sites (tertiary alicyclic amines) is 1. The normalized spacial score (nSPS) is 19.1. The number of amides is 2. The summed E-state index contributed by atoms with van der Waals surface area (Å²) in [6, 6.07) is 7.37. The van der Waals surface area contributed by atoms with Crippen LogP contribution in [0.1, 0.15) is 37.5 Å². The lowest BCUT2D eigenvalue weighted by atomic mass is 10.2. The lowest BCUT2D eigenvalue weighted by Gasteiger charge is -2.29. The molecule has 0 unspecified atom stereocenters. The fourth-order valence-electron chi connectivity index (χ4n) is 4.06. The maximum atomic E-state index is 12.6. The van der Waals surface area contributed by atoms with Crippen molar-refractivity contribution in [1.82, 2.24) is 24.6 Å². The van der Waals surface area contributed by atoms with Crippen LogP contribution in [0.5, 0.6) is 5.75 Å². The van der Waals surface area contributed by atoms with Gasteiger partial charge >= 0.3 is 0 Å². The van der Waals surface area contributed by atoms with Crippen LogP contribution in [0.4, 0.5) is 5.69 Å². The van der Waals surface area contributed by atoms with E-state index >= 15 is 0 Å². The van der Waals surface area contributed by atoms with E-state index in [2.05, 4.69) is 25.0 Å². The Balaban J connectivity index is 1.42. The molecule has 0 bridgehead atoms. The molecule has 1 fully saturated rings. The fourth-order valence-corrected chi connectivity index (χ4v) is 4.06. The van der Waals surface area contributed by atoms with Crippen molar-refractivity contribution < 1.29 is 14.3 Å². The van der Waals surface area contributed by atoms with Gasteiger partial charge in [-0.2, -0.15) is 0 Å². The first-order valence-electron chi connectivity index (χ1n) is 9.90. The molecular weight excluding hydrogens is 372 g/mol. The minimum Gasteiger partial charge on any atom is -0.497 e. The van der Waals surface area contributed by atoms with Crippen LogP contribution in [0.25, 0.3) is 0 Å². The molecule has 9 heteroatoms. The van der Waals surface area contributed by atoms with E-state index in [1.807, 2.05) is 24.3 Å². The van der Waals surface area contributed by atoms with Gasteiger partial charge in [0.05, 0.1) is 26.2 Å². The van der Waals surface area contributed by atoms with Crippen molar-refractivity contribution >= 4 is 17.5 Å². The van der Waals surface area contributed by atoms with Gasteiger partial charge in [0.1, 0.15) is 5.75 Å². The minimum atomic E-state index is -0.0526. The number of ether oxygens (including phenoxy) is 1. The maximum absolute atomic E-state index is 12.6. The van der Waals surface area contributed by atoms with Crippen molar-refractivity contribution in [3.8, 4) is 5.75 Å². The molecule has 1 aromatic carbocycles. The van der Waals surface area contributed by atoms with Crippen LogP contribution in [0, 0.1) is 0 Å². The summed E-state index contributed by atoms with van der Waals surface area (Å²) in [5.74, 6) is 2.47. The van der Waals surface area contributed by atoms with E-state index < -0.39 is 0 Å². The molecule has 2 amide bonds. The molecule has 1 aromatic heterocycles. The van der Waals surface area contributed by atoms with Crippen LogP contribution in [0.3, 0.4) is 0 Å². The topological polar surface area (TPSA) is 92.6 Å². The molecule has 4 rings (SSSR count). The highest BCUT2D eigenvalue weighted by Crippen LogP contribution is 2.32. The van der Waals surface area contributed by atoms with E-state index in [1.54, 1.807) is 18.9 Å². The van der Waals surface area contributed by atoms with Gasteiger partial charge in [-0.25, -0.2) is 0 Å². The third kappa shape index (κ3) is 4.09. The molecule has 0 spiro atoms. The molecule has 3 heterocycles. The summed E-state index contributed by atoms with van der Waals surface area (Å²) in [5.41, 5.74) is 0.746. The molecule has 0 radical (unpaired) electrons. The number of nitrogens with one attached hydrogen (secondary N) is 1. The highest BCUT2D eigenvalue weighted by Gasteiger charge is 2.33. The van der Waals surface area contributed by atoms with E-state index in [4.69, 9.17) is 4.74 Å². The van der Waals surface area contributed by atoms with Crippen molar-refractivity contribution in [2.24, 2.45) is 0 Å². The number of benzene rings is 1. The molecule has 1 N–H and O–H groups in total. The van der Waals surface area contributed by atoms with Crippen molar-refractivity contribution in [1.29, 1.82) is 0 Å². The summed E-state index contributed by atoms with van der Waals surface area (Å²) in [4.78, 5) is 28.2. The van der Waals surface area contributed by atoms with Crippen LogP contribution < -0.4 is 10.1 Å². The van der Waals surface area contributed by atoms with Gasteiger partial charge in [-0.3, -0.25) is 14.5 Å². The predicted molar refractivity (Wildman–Crippen MR) is 106 cm³/mol. The zero-order valence-corrected chi connectivity index (χ0v) is 16.8. The molecule has 0 aliphatic carbocycles. The first-order valence-corrected chi connectivity index (χ1v) is 9.90. The van der Waals surface area contributed by atoms with Crippen LogP contribution in [-0.2, 0) is 22.7 Å². The quantitative estimate of drug-likeness (QED) is 0.819. The second kappa shape index (κ2) is 8.20. The largest absolute Gasteiger partial charge is 0.497 e. The second-order valence-corrected chi connectivity index (χ2v) is 7.47. The number of hydrogen-bond acceptors (Lipinski definition) is 6. The average Bonchev–Trinajstić information content (AvgIpc) is 3.34. The van der Waals surface area contributed by atoms with E-state index in [9.17, 15) is 9.59 Å². The highest BCUT2D eigenvalue weighted by molar-refractivity contribution is 5.92. The zero-order valence-electron chi connectivity index (χ0n) is 16.8. The number of carbonyl (C=O) groups excluding carboxylic acids is 2. The first-order chi connectivity index (χ1) is 14.0. The average molecular weight is 398 g/mol. The Hall–Kier alpha value is -2.94. The van der Waals surface area contributed by atoms with E-state index in [0.29, 0.717) is 26.2 Å². The number of aromatic nitrogens is 3. The monoisotopic (exact) mass is 398 g/mol. The van der Waals surface area contributed by atoms with Gasteiger partial charge < -0.3 is 19.5 Å². The number of anilines is 1. The Morgan fingerprint density at radius 2 is 1.97 bits per heavy atom. The lowest BCUT2D eigenvalue weighted by Crippen LogP contribution is -2.38. The Labute approximate surface area is 169 Å². The summed E-state index contributed by atoms with van der Waals surface area (Å²) in [5, 5.41) is 11.7. The smallest absolute Gasteiger partial charge is 0.238 e. The van der Waals surface area contributed by atoms with E-state index in [0.717, 1.165) is 42.5 Å². The second-order valence-electron chi connectivity index (χ2n) is 7.47. The van der Waals surface area contributed by atoms with Crippen LogP contribution >= 0.6 is 0 Å². The number of carbonyl (C=O) groups is 2. The van der Waals surface area contributed by atoms with E-state index in [1.165, 1.54) is 0 Å². The SMILES string of the molecule is COc1ccc(NC(=O)CN2CCC[C@@H]2c2nnc3n2CCN(C(C)=O)C3)cc1. The fraction of sp³-hybridized carbons (Fsp3) is 0.500. The first kappa shape index (κ1) is 19.4. The van der Waals surface area contributed by atoms with Gasteiger partial charge in [-0.1, -0.05) is 0 Å². The molecule has 2 aliphatic heterocycles. The van der Waals surface area contributed by atoms with Crippen LogP contribution in [0.15, 0.2) is 24.3 Å². The molecule has 2 aromatic rings. The van der Waals surface area contributed by atoms with Gasteiger partial charge in [0, 0.05) is 25.7 Å². The van der Waals surface area contributed by atoms with Crippen molar-refractivity contribution in [3.63, 3.8) is 0 Å². The summed E-state index contributed by atoms with van der Waals surface area (Å²) in [7, 11) is 1.61. The van der Waals surface area contributed by atoms with Crippen molar-refractivity contribution in [2.75, 3.05) is 32.1 Å². The summed E-state index contributed by atoms with van der Waals surface area (Å²) < 4.78 is 7.26. The highest BCUT2D eigenvalue weighted by atomic mass is 16.5. The van der Waals surface area contributed by atoms with Crippen LogP contribution in [-0.4, -0.2) is 63.1 Å². The molecule has 1 atom stereocenters. The molecule has 1 saturated heterocycles. The predicted octanol–water partition coefficient (Wildman–Crippen LogP) is 1.42. The van der Waals surface area contributed by atoms with Crippen molar-refractivity contribution in [3.05, 3.63) is 35.9 Å². The van der Waals surface area contributed by atoms with Crippen LogP contribution in [0.2, 0.25) is 0 Å². The Morgan fingerprint density at radius 3 is 2.69 bits per heavy atom. The zero-order chi connectivity index (χ0) is 20.4. The van der Waals surface area contributed by atoms with Gasteiger partial charge in [0.2, 0.25) is 11.8 Å². The number of fused-ring (bicyclic) bond motifs is 1. The van der Waals surface area contributed by atoms with Gasteiger partial charge in [-0.05, 0) is 43.7 Å². The number of methoxy groups -OCH3 is 1. The number of nitrogens with zero attached hydrogens (tertiary/aromatic N) is 5. The van der Waals surface area contributed by atoms with E-state index in [-0.39, 0.29) is 17.9 Å². The van der Waals surface area contributed by atoms with Gasteiger partial charge in [0.15, 0.2) is 11.6 Å². The Kier molecular flexibility index (Phi) is 5.48. The summed E-state index contributed by atoms with van der Waals surface area (Å²) in [6.07, 6.45) is 1.96. The Morgan fingerprint density at radius 1 is 1.17 bits per heavy atom. The maximum Gasteiger partial charge on any atom is 0.238 e. The summed E-state index contributed by atoms with van der Waals surface area (Å²) in [6.45, 7) is 4.58.